The van der Waals surface area contributed by atoms with Crippen molar-refractivity contribution in [1.29, 1.82) is 0 Å². The van der Waals surface area contributed by atoms with Crippen LogP contribution in [0.1, 0.15) is 39.0 Å². The summed E-state index contributed by atoms with van der Waals surface area (Å²) >= 11 is 0. The van der Waals surface area contributed by atoms with Gasteiger partial charge in [-0.05, 0) is 39.2 Å². The second kappa shape index (κ2) is 5.63. The van der Waals surface area contributed by atoms with Crippen LogP contribution in [-0.4, -0.2) is 53.7 Å². The van der Waals surface area contributed by atoms with Crippen molar-refractivity contribution in [2.75, 3.05) is 26.2 Å². The van der Waals surface area contributed by atoms with Gasteiger partial charge in [-0.25, -0.2) is 0 Å². The Morgan fingerprint density at radius 2 is 1.82 bits per heavy atom. The Hall–Kier alpha value is -0.900. The zero-order valence-corrected chi connectivity index (χ0v) is 10.7. The van der Waals surface area contributed by atoms with E-state index in [0.717, 1.165) is 45.3 Å². The summed E-state index contributed by atoms with van der Waals surface area (Å²) in [7, 11) is 0. The largest absolute Gasteiger partial charge is 0.342 e. The summed E-state index contributed by atoms with van der Waals surface area (Å²) < 4.78 is 0. The Morgan fingerprint density at radius 3 is 2.47 bits per heavy atom. The third-order valence-corrected chi connectivity index (χ3v) is 3.82. The van der Waals surface area contributed by atoms with E-state index >= 15 is 0 Å². The minimum absolute atomic E-state index is 0.232. The topological polar surface area (TPSA) is 40.6 Å². The monoisotopic (exact) mass is 238 g/mol. The fraction of sp³-hybridized carbons (Fsp3) is 0.846. The average Bonchev–Trinajstić information content (AvgIpc) is 2.89. The highest BCUT2D eigenvalue weighted by atomic mass is 16.2. The minimum Gasteiger partial charge on any atom is -0.342 e. The summed E-state index contributed by atoms with van der Waals surface area (Å²) in [5.41, 5.74) is 0. The van der Waals surface area contributed by atoms with Crippen LogP contribution in [-0.2, 0) is 9.59 Å². The Labute approximate surface area is 103 Å². The van der Waals surface area contributed by atoms with E-state index in [-0.39, 0.29) is 11.7 Å². The van der Waals surface area contributed by atoms with E-state index in [1.807, 2.05) is 4.90 Å². The van der Waals surface area contributed by atoms with Crippen molar-refractivity contribution in [2.45, 2.75) is 45.1 Å². The predicted molar refractivity (Wildman–Crippen MR) is 65.7 cm³/mol. The van der Waals surface area contributed by atoms with Gasteiger partial charge in [0.2, 0.25) is 5.91 Å². The highest BCUT2D eigenvalue weighted by Gasteiger charge is 2.29. The molecule has 0 aliphatic carbocycles. The molecule has 2 saturated heterocycles. The van der Waals surface area contributed by atoms with Crippen LogP contribution in [0, 0.1) is 0 Å². The lowest BCUT2D eigenvalue weighted by Gasteiger charge is -2.25. The number of nitrogens with zero attached hydrogens (tertiary/aromatic N) is 2. The van der Waals surface area contributed by atoms with Crippen LogP contribution >= 0.6 is 0 Å². The molecular weight excluding hydrogens is 216 g/mol. The molecule has 1 unspecified atom stereocenters. The lowest BCUT2D eigenvalue weighted by molar-refractivity contribution is -0.132. The molecular formula is C13H22N2O2. The quantitative estimate of drug-likeness (QED) is 0.735. The summed E-state index contributed by atoms with van der Waals surface area (Å²) in [6.45, 7) is 4.96. The van der Waals surface area contributed by atoms with Crippen molar-refractivity contribution < 1.29 is 9.59 Å². The molecule has 4 nitrogen and oxygen atoms in total. The first-order chi connectivity index (χ1) is 8.16. The summed E-state index contributed by atoms with van der Waals surface area (Å²) in [5.74, 6) is 0.480. The standard InChI is InChI=1S/C13H22N2O2/c1-11(16)9-12-5-4-8-15(12)10-13(17)14-6-2-3-7-14/h12H,2-10H2,1H3. The lowest BCUT2D eigenvalue weighted by Crippen LogP contribution is -2.41. The Morgan fingerprint density at radius 1 is 1.12 bits per heavy atom. The molecule has 0 aromatic rings. The number of hydrogen-bond donors (Lipinski definition) is 0. The maximum Gasteiger partial charge on any atom is 0.236 e. The molecule has 1 amide bonds. The van der Waals surface area contributed by atoms with Gasteiger partial charge in [0.05, 0.1) is 6.54 Å². The Bertz CT molecular complexity index is 298. The normalized spacial score (nSPS) is 25.5. The van der Waals surface area contributed by atoms with E-state index in [0.29, 0.717) is 19.0 Å². The van der Waals surface area contributed by atoms with E-state index in [9.17, 15) is 9.59 Å². The van der Waals surface area contributed by atoms with E-state index in [1.54, 1.807) is 6.92 Å². The molecule has 17 heavy (non-hydrogen) atoms. The van der Waals surface area contributed by atoms with Crippen LogP contribution in [0.5, 0.6) is 0 Å². The molecule has 0 aromatic carbocycles. The molecule has 2 heterocycles. The number of rotatable bonds is 4. The maximum absolute atomic E-state index is 12.0. The average molecular weight is 238 g/mol. The molecule has 0 spiro atoms. The van der Waals surface area contributed by atoms with Gasteiger partial charge >= 0.3 is 0 Å². The van der Waals surface area contributed by atoms with E-state index in [1.165, 1.54) is 0 Å². The van der Waals surface area contributed by atoms with Crippen LogP contribution in [0.4, 0.5) is 0 Å². The SMILES string of the molecule is CC(=O)CC1CCCN1CC(=O)N1CCCC1. The van der Waals surface area contributed by atoms with Gasteiger partial charge < -0.3 is 4.90 Å². The van der Waals surface area contributed by atoms with Gasteiger partial charge in [0.25, 0.3) is 0 Å². The van der Waals surface area contributed by atoms with E-state index < -0.39 is 0 Å². The number of carbonyl (C=O) groups is 2. The number of hydrogen-bond acceptors (Lipinski definition) is 3. The predicted octanol–water partition coefficient (Wildman–Crippen LogP) is 1.05. The van der Waals surface area contributed by atoms with Crippen molar-refractivity contribution in [2.24, 2.45) is 0 Å². The fourth-order valence-corrected chi connectivity index (χ4v) is 2.91. The van der Waals surface area contributed by atoms with Crippen LogP contribution in [0.3, 0.4) is 0 Å². The first-order valence-corrected chi connectivity index (χ1v) is 6.68. The molecule has 0 radical (unpaired) electrons. The van der Waals surface area contributed by atoms with Gasteiger partial charge in [-0.15, -0.1) is 0 Å². The first-order valence-electron chi connectivity index (χ1n) is 6.68. The second-order valence-corrected chi connectivity index (χ2v) is 5.26. The van der Waals surface area contributed by atoms with Crippen molar-refractivity contribution in [3.05, 3.63) is 0 Å². The highest BCUT2D eigenvalue weighted by Crippen LogP contribution is 2.20. The van der Waals surface area contributed by atoms with Crippen molar-refractivity contribution in [1.82, 2.24) is 9.80 Å². The van der Waals surface area contributed by atoms with E-state index in [4.69, 9.17) is 0 Å². The zero-order valence-electron chi connectivity index (χ0n) is 10.7. The van der Waals surface area contributed by atoms with Crippen molar-refractivity contribution in [3.63, 3.8) is 0 Å². The molecule has 2 rings (SSSR count). The van der Waals surface area contributed by atoms with Gasteiger partial charge in [0.15, 0.2) is 0 Å². The van der Waals surface area contributed by atoms with Crippen LogP contribution in [0.25, 0.3) is 0 Å². The number of likely N-dealkylation sites (tertiary alicyclic amines) is 2. The van der Waals surface area contributed by atoms with Crippen LogP contribution in [0.15, 0.2) is 0 Å². The number of ketones is 1. The van der Waals surface area contributed by atoms with Crippen molar-refractivity contribution >= 4 is 11.7 Å². The number of amides is 1. The Balaban J connectivity index is 1.84. The summed E-state index contributed by atoms with van der Waals surface area (Å²) in [5, 5.41) is 0. The molecule has 1 atom stereocenters. The summed E-state index contributed by atoms with van der Waals surface area (Å²) in [6, 6.07) is 0.305. The second-order valence-electron chi connectivity index (χ2n) is 5.26. The molecule has 0 bridgehead atoms. The van der Waals surface area contributed by atoms with Gasteiger partial charge in [0.1, 0.15) is 5.78 Å². The van der Waals surface area contributed by atoms with Crippen molar-refractivity contribution in [3.8, 4) is 0 Å². The summed E-state index contributed by atoms with van der Waals surface area (Å²) in [6.07, 6.45) is 5.07. The van der Waals surface area contributed by atoms with Crippen LogP contribution < -0.4 is 0 Å². The molecule has 0 aromatic heterocycles. The zero-order chi connectivity index (χ0) is 12.3. The number of Topliss-reactive ketones (excluding diaryl/α,β-unsaturated/α-hetero) is 1. The van der Waals surface area contributed by atoms with Gasteiger partial charge in [-0.3, -0.25) is 14.5 Å². The molecule has 2 fully saturated rings. The molecule has 2 aliphatic heterocycles. The molecule has 2 aliphatic rings. The molecule has 0 saturated carbocycles. The van der Waals surface area contributed by atoms with Gasteiger partial charge in [-0.2, -0.15) is 0 Å². The molecule has 4 heteroatoms. The van der Waals surface area contributed by atoms with Gasteiger partial charge in [0, 0.05) is 25.6 Å². The molecule has 96 valence electrons. The smallest absolute Gasteiger partial charge is 0.236 e. The minimum atomic E-state index is 0.232. The molecule has 0 N–H and O–H groups in total. The fourth-order valence-electron chi connectivity index (χ4n) is 2.91. The van der Waals surface area contributed by atoms with E-state index in [2.05, 4.69) is 4.90 Å². The first kappa shape index (κ1) is 12.6. The van der Waals surface area contributed by atoms with Crippen LogP contribution in [0.2, 0.25) is 0 Å². The summed E-state index contributed by atoms with van der Waals surface area (Å²) in [4.78, 5) is 27.4. The maximum atomic E-state index is 12.0. The number of carbonyl (C=O) groups excluding carboxylic acids is 2. The lowest BCUT2D eigenvalue weighted by atomic mass is 10.1. The highest BCUT2D eigenvalue weighted by molar-refractivity contribution is 5.79. The Kier molecular flexibility index (Phi) is 4.15. The third-order valence-electron chi connectivity index (χ3n) is 3.82. The third kappa shape index (κ3) is 3.28. The van der Waals surface area contributed by atoms with Gasteiger partial charge in [-0.1, -0.05) is 0 Å².